The number of nitrogens with one attached hydrogen (secondary N) is 1. The Morgan fingerprint density at radius 1 is 1.09 bits per heavy atom. The zero-order chi connectivity index (χ0) is 21.9. The van der Waals surface area contributed by atoms with Crippen molar-refractivity contribution in [2.45, 2.75) is 57.6 Å². The average Bonchev–Trinajstić information content (AvgIpc) is 3.48. The van der Waals surface area contributed by atoms with E-state index in [1.165, 1.54) is 74.1 Å². The summed E-state index contributed by atoms with van der Waals surface area (Å²) in [5, 5.41) is 5.13. The third-order valence-corrected chi connectivity index (χ3v) is 7.40. The second-order valence-electron chi connectivity index (χ2n) is 9.79. The lowest BCUT2D eigenvalue weighted by Gasteiger charge is -2.32. The third-order valence-electron chi connectivity index (χ3n) is 7.40. The van der Waals surface area contributed by atoms with Gasteiger partial charge in [0.15, 0.2) is 0 Å². The third kappa shape index (κ3) is 4.73. The number of hydrogen-bond acceptors (Lipinski definition) is 6. The molecule has 0 saturated carbocycles. The molecule has 2 aromatic rings. The highest BCUT2D eigenvalue weighted by molar-refractivity contribution is 5.95. The van der Waals surface area contributed by atoms with Crippen LogP contribution in [0.1, 0.15) is 48.9 Å². The Balaban J connectivity index is 1.39. The molecule has 2 saturated heterocycles. The van der Waals surface area contributed by atoms with E-state index in [4.69, 9.17) is 14.5 Å². The van der Waals surface area contributed by atoms with Crippen molar-refractivity contribution in [1.82, 2.24) is 14.8 Å². The molecule has 0 bridgehead atoms. The SMILES string of the molecule is COc1cc2c(N[C@@H]3CCCN(C)C3)c3c(nc2cc1COCCN1CCCC1)CCC3. The Kier molecular flexibility index (Phi) is 6.81. The molecule has 1 aliphatic carbocycles. The van der Waals surface area contributed by atoms with Crippen molar-refractivity contribution in [3.8, 4) is 5.75 Å². The van der Waals surface area contributed by atoms with Gasteiger partial charge < -0.3 is 24.6 Å². The van der Waals surface area contributed by atoms with E-state index in [0.29, 0.717) is 12.6 Å². The first-order chi connectivity index (χ1) is 15.7. The molecule has 3 aliphatic rings. The number of aromatic nitrogens is 1. The van der Waals surface area contributed by atoms with E-state index in [2.05, 4.69) is 34.3 Å². The van der Waals surface area contributed by atoms with Crippen LogP contribution >= 0.6 is 0 Å². The topological polar surface area (TPSA) is 49.9 Å². The van der Waals surface area contributed by atoms with Gasteiger partial charge in [-0.1, -0.05) is 0 Å². The summed E-state index contributed by atoms with van der Waals surface area (Å²) in [6, 6.07) is 4.87. The molecule has 1 N–H and O–H groups in total. The van der Waals surface area contributed by atoms with Crippen LogP contribution in [0.3, 0.4) is 0 Å². The van der Waals surface area contributed by atoms with Crippen molar-refractivity contribution >= 4 is 16.6 Å². The minimum Gasteiger partial charge on any atom is -0.496 e. The molecule has 174 valence electrons. The Hall–Kier alpha value is -1.89. The summed E-state index contributed by atoms with van der Waals surface area (Å²) in [7, 11) is 3.99. The van der Waals surface area contributed by atoms with Crippen molar-refractivity contribution in [3.05, 3.63) is 29.0 Å². The van der Waals surface area contributed by atoms with Crippen LogP contribution in [0.4, 0.5) is 5.69 Å². The number of pyridine rings is 1. The van der Waals surface area contributed by atoms with Crippen molar-refractivity contribution in [2.24, 2.45) is 0 Å². The van der Waals surface area contributed by atoms with E-state index in [0.717, 1.165) is 49.4 Å². The van der Waals surface area contributed by atoms with Crippen LogP contribution in [0.5, 0.6) is 5.75 Å². The average molecular weight is 439 g/mol. The number of fused-ring (bicyclic) bond motifs is 2. The van der Waals surface area contributed by atoms with Crippen LogP contribution in [0.15, 0.2) is 12.1 Å². The van der Waals surface area contributed by atoms with Crippen LogP contribution in [0, 0.1) is 0 Å². The molecule has 5 rings (SSSR count). The maximum atomic E-state index is 6.06. The smallest absolute Gasteiger partial charge is 0.125 e. The van der Waals surface area contributed by atoms with Gasteiger partial charge in [0.25, 0.3) is 0 Å². The molecule has 0 radical (unpaired) electrons. The summed E-state index contributed by atoms with van der Waals surface area (Å²) in [6.45, 7) is 7.07. The van der Waals surface area contributed by atoms with Crippen molar-refractivity contribution in [1.29, 1.82) is 0 Å². The first kappa shape index (κ1) is 21.9. The Morgan fingerprint density at radius 2 is 1.97 bits per heavy atom. The van der Waals surface area contributed by atoms with E-state index in [9.17, 15) is 0 Å². The molecule has 2 aliphatic heterocycles. The van der Waals surface area contributed by atoms with Crippen molar-refractivity contribution in [2.75, 3.05) is 58.8 Å². The number of nitrogens with zero attached hydrogens (tertiary/aromatic N) is 3. The molecule has 1 atom stereocenters. The highest BCUT2D eigenvalue weighted by Crippen LogP contribution is 2.38. The fraction of sp³-hybridized carbons (Fsp3) is 0.654. The van der Waals surface area contributed by atoms with Crippen molar-refractivity contribution in [3.63, 3.8) is 0 Å². The molecular weight excluding hydrogens is 400 g/mol. The number of hydrogen-bond donors (Lipinski definition) is 1. The Labute approximate surface area is 192 Å². The minimum absolute atomic E-state index is 0.489. The first-order valence-corrected chi connectivity index (χ1v) is 12.5. The number of anilines is 1. The molecule has 0 amide bonds. The van der Waals surface area contributed by atoms with Crippen LogP contribution in [-0.2, 0) is 24.2 Å². The fourth-order valence-corrected chi connectivity index (χ4v) is 5.67. The van der Waals surface area contributed by atoms with Crippen molar-refractivity contribution < 1.29 is 9.47 Å². The Bertz CT molecular complexity index is 941. The number of rotatable bonds is 8. The highest BCUT2D eigenvalue weighted by atomic mass is 16.5. The summed E-state index contributed by atoms with van der Waals surface area (Å²) < 4.78 is 11.9. The molecule has 6 heteroatoms. The second kappa shape index (κ2) is 9.94. The lowest BCUT2D eigenvalue weighted by molar-refractivity contribution is 0.0979. The normalized spacial score (nSPS) is 21.9. The quantitative estimate of drug-likeness (QED) is 0.632. The minimum atomic E-state index is 0.489. The van der Waals surface area contributed by atoms with Crippen LogP contribution in [0.25, 0.3) is 10.9 Å². The van der Waals surface area contributed by atoms with Gasteiger partial charge in [0.05, 0.1) is 25.8 Å². The van der Waals surface area contributed by atoms with Gasteiger partial charge in [0, 0.05) is 41.5 Å². The number of piperidine rings is 1. The number of methoxy groups -OCH3 is 1. The van der Waals surface area contributed by atoms with Gasteiger partial charge >= 0.3 is 0 Å². The maximum Gasteiger partial charge on any atom is 0.125 e. The summed E-state index contributed by atoms with van der Waals surface area (Å²) in [4.78, 5) is 10.0. The van der Waals surface area contributed by atoms with Crippen LogP contribution in [0.2, 0.25) is 0 Å². The molecule has 32 heavy (non-hydrogen) atoms. The molecule has 1 aromatic heterocycles. The lowest BCUT2D eigenvalue weighted by atomic mass is 10.0. The molecule has 0 unspecified atom stereocenters. The molecular formula is C26H38N4O2. The van der Waals surface area contributed by atoms with E-state index >= 15 is 0 Å². The Morgan fingerprint density at radius 3 is 2.78 bits per heavy atom. The van der Waals surface area contributed by atoms with E-state index in [1.54, 1.807) is 7.11 Å². The summed E-state index contributed by atoms with van der Waals surface area (Å²) in [6.07, 6.45) is 8.52. The van der Waals surface area contributed by atoms with Gasteiger partial charge in [0.1, 0.15) is 5.75 Å². The largest absolute Gasteiger partial charge is 0.496 e. The number of benzene rings is 1. The van der Waals surface area contributed by atoms with E-state index in [1.807, 2.05) is 0 Å². The molecule has 3 heterocycles. The first-order valence-electron chi connectivity index (χ1n) is 12.5. The van der Waals surface area contributed by atoms with E-state index in [-0.39, 0.29) is 0 Å². The summed E-state index contributed by atoms with van der Waals surface area (Å²) in [5.41, 5.74) is 6.15. The molecule has 0 spiro atoms. The predicted octanol–water partition coefficient (Wildman–Crippen LogP) is 3.85. The predicted molar refractivity (Wildman–Crippen MR) is 130 cm³/mol. The monoisotopic (exact) mass is 438 g/mol. The van der Waals surface area contributed by atoms with Crippen LogP contribution in [-0.4, -0.2) is 74.3 Å². The maximum absolute atomic E-state index is 6.06. The van der Waals surface area contributed by atoms with Crippen LogP contribution < -0.4 is 10.1 Å². The van der Waals surface area contributed by atoms with E-state index < -0.39 is 0 Å². The number of aryl methyl sites for hydroxylation is 1. The highest BCUT2D eigenvalue weighted by Gasteiger charge is 2.24. The molecule has 2 fully saturated rings. The standard InChI is InChI=1S/C26H38N4O2/c1-29-10-6-7-20(17-29)27-26-21-8-5-9-23(21)28-24-15-19(25(31-2)16-22(24)26)18-32-14-13-30-11-3-4-12-30/h15-16,20H,3-14,17-18H2,1-2H3,(H,27,28)/t20-/m1/s1. The van der Waals surface area contributed by atoms with Gasteiger partial charge in [-0.05, 0) is 89.3 Å². The van der Waals surface area contributed by atoms with Gasteiger partial charge in [0.2, 0.25) is 0 Å². The summed E-state index contributed by atoms with van der Waals surface area (Å²) in [5.74, 6) is 0.905. The van der Waals surface area contributed by atoms with Gasteiger partial charge in [-0.15, -0.1) is 0 Å². The summed E-state index contributed by atoms with van der Waals surface area (Å²) >= 11 is 0. The zero-order valence-corrected chi connectivity index (χ0v) is 19.8. The molecule has 6 nitrogen and oxygen atoms in total. The second-order valence-corrected chi connectivity index (χ2v) is 9.79. The lowest BCUT2D eigenvalue weighted by Crippen LogP contribution is -2.40. The van der Waals surface area contributed by atoms with Gasteiger partial charge in [-0.3, -0.25) is 4.98 Å². The molecule has 1 aromatic carbocycles. The zero-order valence-electron chi connectivity index (χ0n) is 19.8. The fourth-order valence-electron chi connectivity index (χ4n) is 5.67. The van der Waals surface area contributed by atoms with Gasteiger partial charge in [-0.2, -0.15) is 0 Å². The number of likely N-dealkylation sites (tertiary alicyclic amines) is 2. The number of likely N-dealkylation sites (N-methyl/N-ethyl adjacent to an activating group) is 1. The van der Waals surface area contributed by atoms with Gasteiger partial charge in [-0.25, -0.2) is 0 Å². The number of ether oxygens (including phenoxy) is 2.